The normalized spacial score (nSPS) is 10.3. The van der Waals surface area contributed by atoms with Crippen LogP contribution in [-0.2, 0) is 32.3 Å². The van der Waals surface area contributed by atoms with Crippen molar-refractivity contribution in [2.24, 2.45) is 0 Å². The molecule has 0 aliphatic carbocycles. The second kappa shape index (κ2) is 7.91. The molecule has 0 aromatic heterocycles. The van der Waals surface area contributed by atoms with Gasteiger partial charge in [0.05, 0.1) is 0 Å². The number of benzene rings is 1. The molecule has 4 nitrogen and oxygen atoms in total. The molecule has 0 heterocycles. The molecule has 8 heteroatoms. The molecule has 0 atom stereocenters. The lowest BCUT2D eigenvalue weighted by molar-refractivity contribution is -0.143. The number of rotatable bonds is 4. The van der Waals surface area contributed by atoms with E-state index >= 15 is 0 Å². The summed E-state index contributed by atoms with van der Waals surface area (Å²) < 4.78 is 13.0. The molecule has 0 aliphatic rings. The zero-order chi connectivity index (χ0) is 15.4. The van der Waals surface area contributed by atoms with Gasteiger partial charge in [0, 0.05) is 42.9 Å². The number of halogens is 4. The highest BCUT2D eigenvalue weighted by Crippen LogP contribution is 2.42. The maximum atomic E-state index is 10.9. The average molecular weight is 538 g/mol. The van der Waals surface area contributed by atoms with E-state index in [2.05, 4.69) is 63.7 Å². The fraction of sp³-hybridized carbons (Fsp3) is 0.333. The van der Waals surface area contributed by atoms with Crippen LogP contribution in [0.25, 0.3) is 0 Å². The van der Waals surface area contributed by atoms with Gasteiger partial charge in [-0.15, -0.1) is 0 Å². The van der Waals surface area contributed by atoms with Crippen LogP contribution < -0.4 is 0 Å². The highest BCUT2D eigenvalue weighted by Gasteiger charge is 2.20. The summed E-state index contributed by atoms with van der Waals surface area (Å²) >= 11 is 13.8. The third-order valence-electron chi connectivity index (χ3n) is 2.28. The van der Waals surface area contributed by atoms with Crippen LogP contribution in [0.5, 0.6) is 0 Å². The minimum absolute atomic E-state index is 0.107. The molecule has 1 aromatic rings. The standard InChI is InChI=1S/C12H10Br4O4/c1-5(17)19-3-7-9(13)8(4-20-6(2)18)11(15)12(16)10(7)14/h3-4H2,1-2H3. The van der Waals surface area contributed by atoms with Gasteiger partial charge in [-0.25, -0.2) is 0 Å². The molecule has 1 aromatic carbocycles. The quantitative estimate of drug-likeness (QED) is 0.313. The summed E-state index contributed by atoms with van der Waals surface area (Å²) in [7, 11) is 0. The van der Waals surface area contributed by atoms with E-state index in [1.807, 2.05) is 0 Å². The predicted molar refractivity (Wildman–Crippen MR) is 88.2 cm³/mol. The predicted octanol–water partition coefficient (Wildman–Crippen LogP) is 4.86. The van der Waals surface area contributed by atoms with Gasteiger partial charge in [-0.1, -0.05) is 0 Å². The molecule has 0 radical (unpaired) electrons. The second-order valence-corrected chi connectivity index (χ2v) is 6.95. The van der Waals surface area contributed by atoms with Gasteiger partial charge in [0.2, 0.25) is 0 Å². The van der Waals surface area contributed by atoms with E-state index in [1.54, 1.807) is 0 Å². The van der Waals surface area contributed by atoms with Crippen molar-refractivity contribution in [2.45, 2.75) is 27.1 Å². The molecule has 1 rings (SSSR count). The van der Waals surface area contributed by atoms with Crippen LogP contribution in [0.3, 0.4) is 0 Å². The Morgan fingerprint density at radius 2 is 1.10 bits per heavy atom. The first-order valence-electron chi connectivity index (χ1n) is 5.36. The van der Waals surface area contributed by atoms with Crippen molar-refractivity contribution < 1.29 is 19.1 Å². The van der Waals surface area contributed by atoms with Crippen molar-refractivity contribution in [1.29, 1.82) is 0 Å². The van der Waals surface area contributed by atoms with Crippen LogP contribution in [0, 0.1) is 0 Å². The van der Waals surface area contributed by atoms with E-state index in [0.29, 0.717) is 4.47 Å². The fourth-order valence-electron chi connectivity index (χ4n) is 1.34. The van der Waals surface area contributed by atoms with Crippen LogP contribution in [0.4, 0.5) is 0 Å². The Kier molecular flexibility index (Phi) is 7.17. The van der Waals surface area contributed by atoms with E-state index in [4.69, 9.17) is 9.47 Å². The van der Waals surface area contributed by atoms with Crippen molar-refractivity contribution in [3.63, 3.8) is 0 Å². The first-order chi connectivity index (χ1) is 9.25. The first-order valence-corrected chi connectivity index (χ1v) is 8.53. The summed E-state index contributed by atoms with van der Waals surface area (Å²) in [6, 6.07) is 0. The number of esters is 2. The molecule has 0 aliphatic heterocycles. The third kappa shape index (κ3) is 4.54. The number of hydrogen-bond donors (Lipinski definition) is 0. The van der Waals surface area contributed by atoms with Gasteiger partial charge >= 0.3 is 11.9 Å². The number of carbonyl (C=O) groups excluding carboxylic acids is 2. The molecule has 110 valence electrons. The zero-order valence-corrected chi connectivity index (χ0v) is 16.9. The largest absolute Gasteiger partial charge is 0.461 e. The Morgan fingerprint density at radius 1 is 0.750 bits per heavy atom. The Hall–Kier alpha value is 0.0800. The first kappa shape index (κ1) is 18.1. The van der Waals surface area contributed by atoms with Crippen molar-refractivity contribution >= 4 is 75.7 Å². The summed E-state index contributed by atoms with van der Waals surface area (Å²) in [5.74, 6) is -0.742. The summed E-state index contributed by atoms with van der Waals surface area (Å²) in [4.78, 5) is 21.9. The summed E-state index contributed by atoms with van der Waals surface area (Å²) in [5.41, 5.74) is 1.50. The monoisotopic (exact) mass is 534 g/mol. The van der Waals surface area contributed by atoms with Crippen molar-refractivity contribution in [1.82, 2.24) is 0 Å². The van der Waals surface area contributed by atoms with E-state index in [-0.39, 0.29) is 25.2 Å². The highest BCUT2D eigenvalue weighted by atomic mass is 79.9. The molecule has 0 saturated heterocycles. The smallest absolute Gasteiger partial charge is 0.302 e. The Balaban J connectivity index is 3.23. The van der Waals surface area contributed by atoms with E-state index < -0.39 is 0 Å². The molecule has 0 amide bonds. The van der Waals surface area contributed by atoms with E-state index in [0.717, 1.165) is 24.5 Å². The van der Waals surface area contributed by atoms with Gasteiger partial charge in [0.15, 0.2) is 0 Å². The molecular weight excluding hydrogens is 528 g/mol. The summed E-state index contributed by atoms with van der Waals surface area (Å²) in [6.45, 7) is 2.90. The van der Waals surface area contributed by atoms with Crippen LogP contribution in [0.1, 0.15) is 25.0 Å². The van der Waals surface area contributed by atoms with Crippen LogP contribution in [-0.4, -0.2) is 11.9 Å². The van der Waals surface area contributed by atoms with Gasteiger partial charge in [-0.05, 0) is 63.7 Å². The lowest BCUT2D eigenvalue weighted by Crippen LogP contribution is -2.06. The van der Waals surface area contributed by atoms with E-state index in [9.17, 15) is 9.59 Å². The lowest BCUT2D eigenvalue weighted by atomic mass is 10.1. The molecule has 20 heavy (non-hydrogen) atoms. The van der Waals surface area contributed by atoms with Crippen molar-refractivity contribution in [3.8, 4) is 0 Å². The molecule has 0 N–H and O–H groups in total. The average Bonchev–Trinajstić information content (AvgIpc) is 2.35. The number of hydrogen-bond acceptors (Lipinski definition) is 4. The minimum Gasteiger partial charge on any atom is -0.461 e. The van der Waals surface area contributed by atoms with Crippen molar-refractivity contribution in [3.05, 3.63) is 29.0 Å². The van der Waals surface area contributed by atoms with Crippen LogP contribution in [0.2, 0.25) is 0 Å². The summed E-state index contributed by atoms with van der Waals surface area (Å²) in [6.07, 6.45) is 0. The summed E-state index contributed by atoms with van der Waals surface area (Å²) in [5, 5.41) is 0. The number of carbonyl (C=O) groups is 2. The highest BCUT2D eigenvalue weighted by molar-refractivity contribution is 9.14. The molecule has 0 spiro atoms. The maximum absolute atomic E-state index is 10.9. The van der Waals surface area contributed by atoms with Gasteiger partial charge < -0.3 is 9.47 Å². The van der Waals surface area contributed by atoms with Crippen LogP contribution >= 0.6 is 63.7 Å². The van der Waals surface area contributed by atoms with Gasteiger partial charge in [0.25, 0.3) is 0 Å². The molecular formula is C12H10Br4O4. The zero-order valence-electron chi connectivity index (χ0n) is 10.6. The second-order valence-electron chi connectivity index (χ2n) is 3.77. The topological polar surface area (TPSA) is 52.6 Å². The molecule has 0 saturated carbocycles. The van der Waals surface area contributed by atoms with E-state index in [1.165, 1.54) is 13.8 Å². The molecule has 0 bridgehead atoms. The fourth-order valence-corrected chi connectivity index (χ4v) is 4.26. The maximum Gasteiger partial charge on any atom is 0.302 e. The third-order valence-corrected chi connectivity index (χ3v) is 6.85. The van der Waals surface area contributed by atoms with Crippen LogP contribution in [0.15, 0.2) is 17.9 Å². The Morgan fingerprint density at radius 3 is 1.40 bits per heavy atom. The van der Waals surface area contributed by atoms with Gasteiger partial charge in [-0.2, -0.15) is 0 Å². The lowest BCUT2D eigenvalue weighted by Gasteiger charge is -2.16. The van der Waals surface area contributed by atoms with Crippen molar-refractivity contribution in [2.75, 3.05) is 0 Å². The van der Waals surface area contributed by atoms with Gasteiger partial charge in [-0.3, -0.25) is 9.59 Å². The molecule has 0 unspecified atom stereocenters. The Labute approximate surface area is 150 Å². The minimum atomic E-state index is -0.371. The SMILES string of the molecule is CC(=O)OCc1c(Br)c(Br)c(Br)c(COC(C)=O)c1Br. The van der Waals surface area contributed by atoms with Gasteiger partial charge in [0.1, 0.15) is 13.2 Å². The Bertz CT molecular complexity index is 512. The molecule has 0 fully saturated rings. The number of ether oxygens (including phenoxy) is 2.